The van der Waals surface area contributed by atoms with Gasteiger partial charge < -0.3 is 16.0 Å². The summed E-state index contributed by atoms with van der Waals surface area (Å²) in [5.74, 6) is -0.00236. The first-order valence-corrected chi connectivity index (χ1v) is 6.20. The minimum atomic E-state index is -0.00236. The largest absolute Gasteiger partial charge is 0.397 e. The van der Waals surface area contributed by atoms with Crippen molar-refractivity contribution in [2.75, 3.05) is 50.8 Å². The number of nitrogen functional groups attached to an aromatic ring is 1. The van der Waals surface area contributed by atoms with Crippen LogP contribution in [-0.2, 0) is 4.79 Å². The summed E-state index contributed by atoms with van der Waals surface area (Å²) in [5.41, 5.74) is 7.08. The summed E-state index contributed by atoms with van der Waals surface area (Å²) in [4.78, 5) is 16.3. The Labute approximate surface area is 108 Å². The molecule has 1 aliphatic rings. The average Bonchev–Trinajstić information content (AvgIpc) is 2.35. The number of anilines is 2. The van der Waals surface area contributed by atoms with Crippen molar-refractivity contribution in [1.29, 1.82) is 0 Å². The van der Waals surface area contributed by atoms with Crippen LogP contribution in [0.15, 0.2) is 24.3 Å². The summed E-state index contributed by atoms with van der Waals surface area (Å²) >= 11 is 0. The van der Waals surface area contributed by atoms with Crippen LogP contribution in [0, 0.1) is 0 Å². The highest BCUT2D eigenvalue weighted by atomic mass is 16.2. The Morgan fingerprint density at radius 3 is 2.61 bits per heavy atom. The van der Waals surface area contributed by atoms with Gasteiger partial charge in [0.15, 0.2) is 0 Å². The number of nitrogens with one attached hydrogen (secondary N) is 1. The lowest BCUT2D eigenvalue weighted by Crippen LogP contribution is -2.47. The number of hydrogen-bond acceptors (Lipinski definition) is 4. The van der Waals surface area contributed by atoms with Crippen molar-refractivity contribution in [3.05, 3.63) is 24.3 Å². The van der Waals surface area contributed by atoms with Crippen LogP contribution >= 0.6 is 0 Å². The zero-order chi connectivity index (χ0) is 13.0. The maximum Gasteiger partial charge on any atom is 0.238 e. The molecule has 0 saturated carbocycles. The summed E-state index contributed by atoms with van der Waals surface area (Å²) in [6.45, 7) is 4.34. The zero-order valence-corrected chi connectivity index (χ0v) is 10.7. The highest BCUT2D eigenvalue weighted by Gasteiger charge is 2.16. The monoisotopic (exact) mass is 248 g/mol. The van der Waals surface area contributed by atoms with E-state index < -0.39 is 0 Å². The number of hydrogen-bond donors (Lipinski definition) is 2. The highest BCUT2D eigenvalue weighted by Crippen LogP contribution is 2.16. The smallest absolute Gasteiger partial charge is 0.238 e. The summed E-state index contributed by atoms with van der Waals surface area (Å²) in [5, 5.41) is 2.85. The quantitative estimate of drug-likeness (QED) is 0.763. The third-order valence-corrected chi connectivity index (χ3v) is 3.20. The fourth-order valence-corrected chi connectivity index (χ4v) is 2.01. The van der Waals surface area contributed by atoms with Crippen molar-refractivity contribution in [2.45, 2.75) is 0 Å². The molecule has 1 heterocycles. The van der Waals surface area contributed by atoms with Gasteiger partial charge >= 0.3 is 0 Å². The van der Waals surface area contributed by atoms with E-state index in [-0.39, 0.29) is 5.91 Å². The Hall–Kier alpha value is -1.59. The molecule has 0 radical (unpaired) electrons. The standard InChI is InChI=1S/C13H20N4O/c1-16-6-8-17(9-7-16)10-13(18)15-12-5-3-2-4-11(12)14/h2-5H,6-10,14H2,1H3,(H,15,18). The molecule has 0 unspecified atom stereocenters. The summed E-state index contributed by atoms with van der Waals surface area (Å²) in [7, 11) is 2.10. The lowest BCUT2D eigenvalue weighted by Gasteiger charge is -2.31. The van der Waals surface area contributed by atoms with Crippen LogP contribution in [0.25, 0.3) is 0 Å². The van der Waals surface area contributed by atoms with Gasteiger partial charge in [0.25, 0.3) is 0 Å². The zero-order valence-electron chi connectivity index (χ0n) is 10.7. The van der Waals surface area contributed by atoms with Crippen LogP contribution < -0.4 is 11.1 Å². The van der Waals surface area contributed by atoms with Crippen LogP contribution in [0.2, 0.25) is 0 Å². The number of amides is 1. The summed E-state index contributed by atoms with van der Waals surface area (Å²) in [6.07, 6.45) is 0. The van der Waals surface area contributed by atoms with E-state index in [9.17, 15) is 4.79 Å². The van der Waals surface area contributed by atoms with Crippen LogP contribution in [0.3, 0.4) is 0 Å². The van der Waals surface area contributed by atoms with Crippen molar-refractivity contribution < 1.29 is 4.79 Å². The maximum absolute atomic E-state index is 11.9. The Kier molecular flexibility index (Phi) is 4.17. The normalized spacial score (nSPS) is 17.6. The molecule has 18 heavy (non-hydrogen) atoms. The van der Waals surface area contributed by atoms with Gasteiger partial charge in [-0.05, 0) is 19.2 Å². The van der Waals surface area contributed by atoms with E-state index in [1.165, 1.54) is 0 Å². The van der Waals surface area contributed by atoms with Gasteiger partial charge in [-0.15, -0.1) is 0 Å². The van der Waals surface area contributed by atoms with Crippen LogP contribution in [-0.4, -0.2) is 55.5 Å². The van der Waals surface area contributed by atoms with E-state index in [2.05, 4.69) is 22.2 Å². The van der Waals surface area contributed by atoms with Gasteiger partial charge in [-0.2, -0.15) is 0 Å². The van der Waals surface area contributed by atoms with E-state index in [4.69, 9.17) is 5.73 Å². The lowest BCUT2D eigenvalue weighted by molar-refractivity contribution is -0.117. The molecule has 0 atom stereocenters. The predicted molar refractivity (Wildman–Crippen MR) is 73.4 cm³/mol. The highest BCUT2D eigenvalue weighted by molar-refractivity contribution is 5.95. The topological polar surface area (TPSA) is 61.6 Å². The molecule has 0 aromatic heterocycles. The molecule has 98 valence electrons. The number of para-hydroxylation sites is 2. The number of likely N-dealkylation sites (N-methyl/N-ethyl adjacent to an activating group) is 1. The van der Waals surface area contributed by atoms with Crippen molar-refractivity contribution >= 4 is 17.3 Å². The molecule has 1 amide bonds. The minimum Gasteiger partial charge on any atom is -0.397 e. The van der Waals surface area contributed by atoms with Crippen LogP contribution in [0.1, 0.15) is 0 Å². The molecule has 5 heteroatoms. The fraction of sp³-hybridized carbons (Fsp3) is 0.462. The second-order valence-corrected chi connectivity index (χ2v) is 4.71. The second-order valence-electron chi connectivity index (χ2n) is 4.71. The van der Waals surface area contributed by atoms with Gasteiger partial charge in [0.1, 0.15) is 0 Å². The Balaban J connectivity index is 1.84. The average molecular weight is 248 g/mol. The third kappa shape index (κ3) is 3.45. The molecule has 0 aliphatic carbocycles. The number of rotatable bonds is 3. The minimum absolute atomic E-state index is 0.00236. The van der Waals surface area contributed by atoms with E-state index in [1.54, 1.807) is 6.07 Å². The van der Waals surface area contributed by atoms with Crippen LogP contribution in [0.4, 0.5) is 11.4 Å². The van der Waals surface area contributed by atoms with E-state index >= 15 is 0 Å². The molecule has 3 N–H and O–H groups in total. The first-order chi connectivity index (χ1) is 8.65. The van der Waals surface area contributed by atoms with Gasteiger partial charge in [-0.3, -0.25) is 9.69 Å². The van der Waals surface area contributed by atoms with Crippen molar-refractivity contribution in [3.63, 3.8) is 0 Å². The Bertz CT molecular complexity index is 413. The van der Waals surface area contributed by atoms with Crippen molar-refractivity contribution in [2.24, 2.45) is 0 Å². The molecule has 2 rings (SSSR count). The van der Waals surface area contributed by atoms with Gasteiger partial charge in [0.2, 0.25) is 5.91 Å². The molecule has 1 aliphatic heterocycles. The lowest BCUT2D eigenvalue weighted by atomic mass is 10.2. The molecule has 0 bridgehead atoms. The molecule has 0 spiro atoms. The number of piperazine rings is 1. The number of nitrogens with two attached hydrogens (primary N) is 1. The number of carbonyl (C=O) groups is 1. The molecule has 5 nitrogen and oxygen atoms in total. The number of nitrogens with zero attached hydrogens (tertiary/aromatic N) is 2. The Morgan fingerprint density at radius 1 is 1.28 bits per heavy atom. The summed E-state index contributed by atoms with van der Waals surface area (Å²) < 4.78 is 0. The van der Waals surface area contributed by atoms with Gasteiger partial charge in [0, 0.05) is 26.2 Å². The molecular formula is C13H20N4O. The number of carbonyl (C=O) groups excluding carboxylic acids is 1. The first kappa shape index (κ1) is 12.9. The maximum atomic E-state index is 11.9. The molecular weight excluding hydrogens is 228 g/mol. The molecule has 1 aromatic carbocycles. The first-order valence-electron chi connectivity index (χ1n) is 6.20. The Morgan fingerprint density at radius 2 is 1.94 bits per heavy atom. The van der Waals surface area contributed by atoms with Crippen LogP contribution in [0.5, 0.6) is 0 Å². The number of benzene rings is 1. The molecule has 1 aromatic rings. The van der Waals surface area contributed by atoms with Gasteiger partial charge in [-0.1, -0.05) is 12.1 Å². The SMILES string of the molecule is CN1CCN(CC(=O)Nc2ccccc2N)CC1. The molecule has 1 saturated heterocycles. The summed E-state index contributed by atoms with van der Waals surface area (Å²) in [6, 6.07) is 7.32. The van der Waals surface area contributed by atoms with Gasteiger partial charge in [0.05, 0.1) is 17.9 Å². The van der Waals surface area contributed by atoms with E-state index in [0.717, 1.165) is 26.2 Å². The predicted octanol–water partition coefficient (Wildman–Crippen LogP) is 0.455. The second kappa shape index (κ2) is 5.84. The van der Waals surface area contributed by atoms with Crippen molar-refractivity contribution in [3.8, 4) is 0 Å². The van der Waals surface area contributed by atoms with Gasteiger partial charge in [-0.25, -0.2) is 0 Å². The van der Waals surface area contributed by atoms with E-state index in [0.29, 0.717) is 17.9 Å². The van der Waals surface area contributed by atoms with Crippen molar-refractivity contribution in [1.82, 2.24) is 9.80 Å². The third-order valence-electron chi connectivity index (χ3n) is 3.20. The van der Waals surface area contributed by atoms with E-state index in [1.807, 2.05) is 18.2 Å². The fourth-order valence-electron chi connectivity index (χ4n) is 2.01. The molecule has 1 fully saturated rings.